The van der Waals surface area contributed by atoms with E-state index in [1.807, 2.05) is 54.6 Å². The molecule has 4 nitrogen and oxygen atoms in total. The average molecular weight is 311 g/mol. The maximum absolute atomic E-state index is 11.5. The lowest BCUT2D eigenvalue weighted by molar-refractivity contribution is -0.142. The van der Waals surface area contributed by atoms with Crippen molar-refractivity contribution in [3.63, 3.8) is 0 Å². The molecule has 0 aliphatic carbocycles. The van der Waals surface area contributed by atoms with Gasteiger partial charge in [0.25, 0.3) is 0 Å². The molecule has 2 aromatic rings. The molecule has 120 valence electrons. The van der Waals surface area contributed by atoms with E-state index in [-0.39, 0.29) is 0 Å². The van der Waals surface area contributed by atoms with Gasteiger partial charge in [0.2, 0.25) is 0 Å². The van der Waals surface area contributed by atoms with Gasteiger partial charge < -0.3 is 9.84 Å². The number of ether oxygens (including phenoxy) is 1. The smallest absolute Gasteiger partial charge is 0.321 e. The lowest BCUT2D eigenvalue weighted by atomic mass is 10.0. The molecule has 0 radical (unpaired) electrons. The molecule has 0 aromatic heterocycles. The summed E-state index contributed by atoms with van der Waals surface area (Å²) in [7, 11) is 0. The van der Waals surface area contributed by atoms with Crippen LogP contribution in [0.5, 0.6) is 11.5 Å². The second-order valence-corrected chi connectivity index (χ2v) is 5.86. The highest BCUT2D eigenvalue weighted by molar-refractivity contribution is 5.74. The van der Waals surface area contributed by atoms with Crippen molar-refractivity contribution < 1.29 is 14.6 Å². The van der Waals surface area contributed by atoms with E-state index in [9.17, 15) is 9.90 Å². The van der Waals surface area contributed by atoms with Gasteiger partial charge >= 0.3 is 5.97 Å². The van der Waals surface area contributed by atoms with Crippen LogP contribution in [0.3, 0.4) is 0 Å². The lowest BCUT2D eigenvalue weighted by Gasteiger charge is -2.23. The Hall–Kier alpha value is -2.33. The maximum atomic E-state index is 11.5. The summed E-state index contributed by atoms with van der Waals surface area (Å²) in [6, 6.07) is 16.9. The maximum Gasteiger partial charge on any atom is 0.321 e. The fourth-order valence-corrected chi connectivity index (χ4v) is 2.97. The molecule has 1 aliphatic rings. The Morgan fingerprint density at radius 2 is 1.61 bits per heavy atom. The van der Waals surface area contributed by atoms with Crippen LogP contribution in [0.1, 0.15) is 18.4 Å². The molecule has 1 aliphatic heterocycles. The Morgan fingerprint density at radius 3 is 2.22 bits per heavy atom. The summed E-state index contributed by atoms with van der Waals surface area (Å²) in [6.45, 7) is 1.76. The van der Waals surface area contributed by atoms with Gasteiger partial charge in [-0.15, -0.1) is 0 Å². The van der Waals surface area contributed by atoms with E-state index in [1.165, 1.54) is 0 Å². The van der Waals surface area contributed by atoms with Crippen molar-refractivity contribution in [1.82, 2.24) is 4.90 Å². The van der Waals surface area contributed by atoms with Gasteiger partial charge in [-0.2, -0.15) is 0 Å². The zero-order valence-electron chi connectivity index (χ0n) is 13.0. The first kappa shape index (κ1) is 15.6. The third-order valence-corrected chi connectivity index (χ3v) is 4.20. The number of carboxylic acids is 1. The predicted octanol–water partition coefficient (Wildman–Crippen LogP) is 3.57. The molecule has 0 unspecified atom stereocenters. The Morgan fingerprint density at radius 1 is 1.00 bits per heavy atom. The van der Waals surface area contributed by atoms with Crippen LogP contribution in [0.15, 0.2) is 54.6 Å². The van der Waals surface area contributed by atoms with Crippen LogP contribution in [0.4, 0.5) is 0 Å². The molecule has 1 fully saturated rings. The Kier molecular flexibility index (Phi) is 4.93. The molecule has 1 atom stereocenters. The normalized spacial score (nSPS) is 16.2. The van der Waals surface area contributed by atoms with E-state index < -0.39 is 12.0 Å². The fourth-order valence-electron chi connectivity index (χ4n) is 2.97. The van der Waals surface area contributed by atoms with Crippen molar-refractivity contribution in [3.05, 3.63) is 60.2 Å². The summed E-state index contributed by atoms with van der Waals surface area (Å²) in [5.41, 5.74) is 1.02. The Balaban J connectivity index is 1.65. The minimum absolute atomic E-state index is 0.432. The van der Waals surface area contributed by atoms with E-state index in [2.05, 4.69) is 4.90 Å². The molecule has 0 bridgehead atoms. The summed E-state index contributed by atoms with van der Waals surface area (Å²) < 4.78 is 5.76. The number of hydrogen-bond acceptors (Lipinski definition) is 3. The largest absolute Gasteiger partial charge is 0.480 e. The molecule has 1 saturated heterocycles. The third-order valence-electron chi connectivity index (χ3n) is 4.20. The number of aliphatic carboxylic acids is 1. The predicted molar refractivity (Wildman–Crippen MR) is 88.9 cm³/mol. The molecular weight excluding hydrogens is 290 g/mol. The fraction of sp³-hybridized carbons (Fsp3) is 0.316. The van der Waals surface area contributed by atoms with Crippen LogP contribution in [0.25, 0.3) is 0 Å². The van der Waals surface area contributed by atoms with Crippen LogP contribution in [0.2, 0.25) is 0 Å². The van der Waals surface area contributed by atoms with Gasteiger partial charge in [-0.25, -0.2) is 0 Å². The van der Waals surface area contributed by atoms with Gasteiger partial charge in [0.15, 0.2) is 0 Å². The van der Waals surface area contributed by atoms with Crippen molar-refractivity contribution in [1.29, 1.82) is 0 Å². The van der Waals surface area contributed by atoms with Crippen molar-refractivity contribution in [2.24, 2.45) is 0 Å². The third kappa shape index (κ3) is 4.11. The minimum atomic E-state index is -0.739. The molecule has 23 heavy (non-hydrogen) atoms. The SMILES string of the molecule is O=C(O)[C@@H](Cc1ccc(Oc2ccccc2)cc1)N1CCCC1. The van der Waals surface area contributed by atoms with Crippen molar-refractivity contribution in [2.45, 2.75) is 25.3 Å². The topological polar surface area (TPSA) is 49.8 Å². The van der Waals surface area contributed by atoms with Gasteiger partial charge in [-0.05, 0) is 62.2 Å². The van der Waals surface area contributed by atoms with E-state index >= 15 is 0 Å². The molecule has 3 rings (SSSR count). The highest BCUT2D eigenvalue weighted by Gasteiger charge is 2.27. The Labute approximate surface area is 136 Å². The van der Waals surface area contributed by atoms with E-state index in [0.29, 0.717) is 6.42 Å². The van der Waals surface area contributed by atoms with Gasteiger partial charge in [-0.3, -0.25) is 9.69 Å². The van der Waals surface area contributed by atoms with Crippen LogP contribution in [-0.4, -0.2) is 35.1 Å². The van der Waals surface area contributed by atoms with Crippen LogP contribution in [0, 0.1) is 0 Å². The molecular formula is C19H21NO3. The monoisotopic (exact) mass is 311 g/mol. The number of carbonyl (C=O) groups is 1. The van der Waals surface area contributed by atoms with E-state index in [1.54, 1.807) is 0 Å². The first-order chi connectivity index (χ1) is 11.2. The van der Waals surface area contributed by atoms with Gasteiger partial charge in [0, 0.05) is 0 Å². The van der Waals surface area contributed by atoms with Crippen LogP contribution >= 0.6 is 0 Å². The number of rotatable bonds is 6. The van der Waals surface area contributed by atoms with Gasteiger partial charge in [0.1, 0.15) is 17.5 Å². The summed E-state index contributed by atoms with van der Waals surface area (Å²) in [4.78, 5) is 13.6. The molecule has 2 aromatic carbocycles. The van der Waals surface area contributed by atoms with E-state index in [0.717, 1.165) is 43.0 Å². The number of para-hydroxylation sites is 1. The summed E-state index contributed by atoms with van der Waals surface area (Å²) >= 11 is 0. The average Bonchev–Trinajstić information content (AvgIpc) is 3.09. The molecule has 1 N–H and O–H groups in total. The molecule has 4 heteroatoms. The molecule has 0 amide bonds. The summed E-state index contributed by atoms with van der Waals surface area (Å²) in [5.74, 6) is 0.810. The van der Waals surface area contributed by atoms with Gasteiger partial charge in [-0.1, -0.05) is 30.3 Å². The first-order valence-corrected chi connectivity index (χ1v) is 8.01. The number of likely N-dealkylation sites (tertiary alicyclic amines) is 1. The number of nitrogens with zero attached hydrogens (tertiary/aromatic N) is 1. The molecule has 0 spiro atoms. The minimum Gasteiger partial charge on any atom is -0.480 e. The summed E-state index contributed by atoms with van der Waals surface area (Å²) in [5, 5.41) is 9.48. The summed E-state index contributed by atoms with van der Waals surface area (Å²) in [6.07, 6.45) is 2.71. The standard InChI is InChI=1S/C19H21NO3/c21-19(22)18(20-12-4-5-13-20)14-15-8-10-17(11-9-15)23-16-6-2-1-3-7-16/h1-3,6-11,18H,4-5,12-14H2,(H,21,22)/t18-/m1/s1. The Bertz CT molecular complexity index is 633. The number of carboxylic acid groups (broad SMARTS) is 1. The highest BCUT2D eigenvalue weighted by Crippen LogP contribution is 2.22. The first-order valence-electron chi connectivity index (χ1n) is 8.01. The number of hydrogen-bond donors (Lipinski definition) is 1. The molecule has 0 saturated carbocycles. The quantitative estimate of drug-likeness (QED) is 0.886. The van der Waals surface area contributed by atoms with Gasteiger partial charge in [0.05, 0.1) is 0 Å². The van der Waals surface area contributed by atoms with Crippen molar-refractivity contribution in [2.75, 3.05) is 13.1 Å². The van der Waals surface area contributed by atoms with Crippen molar-refractivity contribution in [3.8, 4) is 11.5 Å². The van der Waals surface area contributed by atoms with Crippen LogP contribution in [-0.2, 0) is 11.2 Å². The highest BCUT2D eigenvalue weighted by atomic mass is 16.5. The molecule has 1 heterocycles. The number of benzene rings is 2. The van der Waals surface area contributed by atoms with Crippen LogP contribution < -0.4 is 4.74 Å². The zero-order valence-corrected chi connectivity index (χ0v) is 13.0. The lowest BCUT2D eigenvalue weighted by Crippen LogP contribution is -2.40. The van der Waals surface area contributed by atoms with Crippen molar-refractivity contribution >= 4 is 5.97 Å². The second kappa shape index (κ2) is 7.29. The second-order valence-electron chi connectivity index (χ2n) is 5.86. The zero-order chi connectivity index (χ0) is 16.1. The van der Waals surface area contributed by atoms with E-state index in [4.69, 9.17) is 4.74 Å².